The van der Waals surface area contributed by atoms with Crippen LogP contribution >= 0.6 is 43.5 Å². The van der Waals surface area contributed by atoms with Crippen LogP contribution in [-0.2, 0) is 0 Å². The fourth-order valence-corrected chi connectivity index (χ4v) is 2.75. The van der Waals surface area contributed by atoms with Crippen LogP contribution in [0.2, 0.25) is 5.02 Å². The number of halogens is 3. The van der Waals surface area contributed by atoms with Crippen molar-refractivity contribution >= 4 is 49.3 Å². The Bertz CT molecular complexity index is 602. The second kappa shape index (κ2) is 5.55. The molecule has 2 rings (SSSR count). The third-order valence-corrected chi connectivity index (χ3v) is 4.27. The number of hydrogen-bond acceptors (Lipinski definition) is 3. The van der Waals surface area contributed by atoms with Gasteiger partial charge in [0.25, 0.3) is 0 Å². The molecule has 18 heavy (non-hydrogen) atoms. The summed E-state index contributed by atoms with van der Waals surface area (Å²) >= 11 is 12.9. The number of benzene rings is 1. The fourth-order valence-electron chi connectivity index (χ4n) is 1.52. The minimum atomic E-state index is 0.656. The van der Waals surface area contributed by atoms with E-state index in [0.717, 1.165) is 26.0 Å². The Balaban J connectivity index is 2.60. The van der Waals surface area contributed by atoms with Crippen LogP contribution in [0.5, 0.6) is 0 Å². The van der Waals surface area contributed by atoms with Crippen LogP contribution in [0.1, 0.15) is 5.69 Å². The molecule has 0 radical (unpaired) electrons. The molecule has 3 nitrogen and oxygen atoms in total. The highest BCUT2D eigenvalue weighted by atomic mass is 79.9. The van der Waals surface area contributed by atoms with Gasteiger partial charge in [-0.15, -0.1) is 0 Å². The summed E-state index contributed by atoms with van der Waals surface area (Å²) < 4.78 is 1.75. The van der Waals surface area contributed by atoms with Gasteiger partial charge in [-0.3, -0.25) is 0 Å². The topological polar surface area (TPSA) is 37.8 Å². The van der Waals surface area contributed by atoms with E-state index in [-0.39, 0.29) is 0 Å². The Hall–Kier alpha value is -0.650. The van der Waals surface area contributed by atoms with Gasteiger partial charge in [-0.05, 0) is 57.0 Å². The van der Waals surface area contributed by atoms with E-state index in [1.807, 2.05) is 32.2 Å². The summed E-state index contributed by atoms with van der Waals surface area (Å²) in [6.07, 6.45) is 0. The summed E-state index contributed by atoms with van der Waals surface area (Å²) in [7, 11) is 1.83. The second-order valence-corrected chi connectivity index (χ2v) is 5.75. The first-order valence-electron chi connectivity index (χ1n) is 5.20. The first-order valence-corrected chi connectivity index (χ1v) is 7.16. The van der Waals surface area contributed by atoms with Gasteiger partial charge in [-0.1, -0.05) is 11.6 Å². The van der Waals surface area contributed by atoms with E-state index in [0.29, 0.717) is 10.8 Å². The van der Waals surface area contributed by atoms with Crippen molar-refractivity contribution in [3.05, 3.63) is 37.9 Å². The SMILES string of the molecule is CNc1nc(-c2ccc(Cl)cc2Br)nc(C)c1Br. The minimum Gasteiger partial charge on any atom is -0.372 e. The number of nitrogens with one attached hydrogen (secondary N) is 1. The molecule has 0 fully saturated rings. The average Bonchev–Trinajstić information content (AvgIpc) is 2.32. The highest BCUT2D eigenvalue weighted by Crippen LogP contribution is 2.31. The van der Waals surface area contributed by atoms with Crippen LogP contribution < -0.4 is 5.32 Å². The van der Waals surface area contributed by atoms with Crippen molar-refractivity contribution in [2.45, 2.75) is 6.92 Å². The molecule has 0 saturated heterocycles. The zero-order chi connectivity index (χ0) is 13.3. The highest BCUT2D eigenvalue weighted by Gasteiger charge is 2.12. The minimum absolute atomic E-state index is 0.656. The lowest BCUT2D eigenvalue weighted by molar-refractivity contribution is 1.09. The number of hydrogen-bond donors (Lipinski definition) is 1. The smallest absolute Gasteiger partial charge is 0.162 e. The fraction of sp³-hybridized carbons (Fsp3) is 0.167. The van der Waals surface area contributed by atoms with Crippen LogP contribution in [0.3, 0.4) is 0 Å². The summed E-state index contributed by atoms with van der Waals surface area (Å²) in [5.74, 6) is 1.42. The number of nitrogens with zero attached hydrogens (tertiary/aromatic N) is 2. The molecular weight excluding hydrogens is 381 g/mol. The maximum absolute atomic E-state index is 5.93. The van der Waals surface area contributed by atoms with Gasteiger partial charge in [-0.2, -0.15) is 0 Å². The van der Waals surface area contributed by atoms with E-state index >= 15 is 0 Å². The lowest BCUT2D eigenvalue weighted by Gasteiger charge is -2.09. The summed E-state index contributed by atoms with van der Waals surface area (Å²) in [4.78, 5) is 8.94. The Morgan fingerprint density at radius 1 is 1.22 bits per heavy atom. The lowest BCUT2D eigenvalue weighted by atomic mass is 10.2. The van der Waals surface area contributed by atoms with Gasteiger partial charge in [0.15, 0.2) is 5.82 Å². The molecule has 1 heterocycles. The van der Waals surface area contributed by atoms with Crippen molar-refractivity contribution < 1.29 is 0 Å². The van der Waals surface area contributed by atoms with Gasteiger partial charge < -0.3 is 5.32 Å². The predicted octanol–water partition coefficient (Wildman–Crippen LogP) is 4.67. The molecule has 0 saturated carbocycles. The van der Waals surface area contributed by atoms with Gasteiger partial charge in [-0.25, -0.2) is 9.97 Å². The molecule has 6 heteroatoms. The quantitative estimate of drug-likeness (QED) is 0.808. The Morgan fingerprint density at radius 2 is 1.94 bits per heavy atom. The van der Waals surface area contributed by atoms with Gasteiger partial charge in [0, 0.05) is 22.1 Å². The van der Waals surface area contributed by atoms with Crippen LogP contribution in [0.4, 0.5) is 5.82 Å². The maximum Gasteiger partial charge on any atom is 0.162 e. The monoisotopic (exact) mass is 389 g/mol. The van der Waals surface area contributed by atoms with Crippen LogP contribution in [0, 0.1) is 6.92 Å². The molecule has 0 aliphatic rings. The second-order valence-electron chi connectivity index (χ2n) is 3.67. The first kappa shape index (κ1) is 13.8. The largest absolute Gasteiger partial charge is 0.372 e. The molecule has 1 aromatic heterocycles. The average molecular weight is 391 g/mol. The van der Waals surface area contributed by atoms with E-state index in [2.05, 4.69) is 47.1 Å². The number of aromatic nitrogens is 2. The molecule has 94 valence electrons. The molecule has 0 unspecified atom stereocenters. The number of rotatable bonds is 2. The molecule has 0 amide bonds. The lowest BCUT2D eigenvalue weighted by Crippen LogP contribution is -2.01. The zero-order valence-corrected chi connectivity index (χ0v) is 13.7. The van der Waals surface area contributed by atoms with Crippen LogP contribution in [0.25, 0.3) is 11.4 Å². The Morgan fingerprint density at radius 3 is 2.56 bits per heavy atom. The normalized spacial score (nSPS) is 10.5. The Labute approximate surface area is 127 Å². The van der Waals surface area contributed by atoms with Gasteiger partial charge in [0.1, 0.15) is 5.82 Å². The molecule has 0 spiro atoms. The summed E-state index contributed by atoms with van der Waals surface area (Å²) in [6.45, 7) is 1.93. The van der Waals surface area contributed by atoms with Crippen LogP contribution in [0.15, 0.2) is 27.1 Å². The van der Waals surface area contributed by atoms with Crippen molar-refractivity contribution in [2.24, 2.45) is 0 Å². The van der Waals surface area contributed by atoms with Gasteiger partial charge >= 0.3 is 0 Å². The van der Waals surface area contributed by atoms with E-state index in [9.17, 15) is 0 Å². The maximum atomic E-state index is 5.93. The molecule has 0 atom stereocenters. The highest BCUT2D eigenvalue weighted by molar-refractivity contribution is 9.11. The van der Waals surface area contributed by atoms with Crippen LogP contribution in [-0.4, -0.2) is 17.0 Å². The molecule has 2 aromatic rings. The summed E-state index contributed by atoms with van der Waals surface area (Å²) in [5.41, 5.74) is 1.79. The van der Waals surface area contributed by atoms with Gasteiger partial charge in [0.2, 0.25) is 0 Å². The number of anilines is 1. The number of aryl methyl sites for hydroxylation is 1. The molecular formula is C12H10Br2ClN3. The van der Waals surface area contributed by atoms with E-state index in [4.69, 9.17) is 11.6 Å². The predicted molar refractivity (Wildman–Crippen MR) is 82.2 cm³/mol. The molecule has 0 aliphatic carbocycles. The van der Waals surface area contributed by atoms with Crippen molar-refractivity contribution in [2.75, 3.05) is 12.4 Å². The van der Waals surface area contributed by atoms with Gasteiger partial charge in [0.05, 0.1) is 10.2 Å². The van der Waals surface area contributed by atoms with E-state index in [1.165, 1.54) is 0 Å². The van der Waals surface area contributed by atoms with E-state index < -0.39 is 0 Å². The standard InChI is InChI=1S/C12H10Br2ClN3/c1-6-10(14)12(16-2)18-11(17-6)8-4-3-7(15)5-9(8)13/h3-5H,1-2H3,(H,16,17,18). The molecule has 0 bridgehead atoms. The molecule has 1 aromatic carbocycles. The summed E-state index contributed by atoms with van der Waals surface area (Å²) in [5, 5.41) is 3.71. The van der Waals surface area contributed by atoms with Crippen molar-refractivity contribution in [1.29, 1.82) is 0 Å². The van der Waals surface area contributed by atoms with Crippen molar-refractivity contribution in [1.82, 2.24) is 9.97 Å². The third kappa shape index (κ3) is 2.68. The zero-order valence-electron chi connectivity index (χ0n) is 9.76. The van der Waals surface area contributed by atoms with E-state index in [1.54, 1.807) is 0 Å². The Kier molecular flexibility index (Phi) is 4.25. The third-order valence-electron chi connectivity index (χ3n) is 2.43. The molecule has 1 N–H and O–H groups in total. The van der Waals surface area contributed by atoms with Crippen molar-refractivity contribution in [3.8, 4) is 11.4 Å². The summed E-state index contributed by atoms with van der Waals surface area (Å²) in [6, 6.07) is 5.55. The van der Waals surface area contributed by atoms with Crippen molar-refractivity contribution in [3.63, 3.8) is 0 Å². The molecule has 0 aliphatic heterocycles. The first-order chi connectivity index (χ1) is 8.52.